The maximum Gasteiger partial charge on any atom is 0.183 e. The Morgan fingerprint density at radius 2 is 1.94 bits per heavy atom. The molecule has 0 radical (unpaired) electrons. The molecule has 18 heavy (non-hydrogen) atoms. The fourth-order valence-electron chi connectivity index (χ4n) is 2.22. The molecule has 0 saturated carbocycles. The zero-order valence-corrected chi connectivity index (χ0v) is 11.0. The minimum Gasteiger partial charge on any atom is -0.359 e. The van der Waals surface area contributed by atoms with Gasteiger partial charge in [-0.1, -0.05) is 30.3 Å². The average molecular weight is 259 g/mol. The highest BCUT2D eigenvalue weighted by molar-refractivity contribution is 7.14. The Hall–Kier alpha value is -1.39. The molecule has 3 nitrogen and oxygen atoms in total. The Bertz CT molecular complexity index is 489. The molecule has 1 aliphatic rings. The molecule has 2 heterocycles. The number of hydrogen-bond donors (Lipinski definition) is 2. The molecule has 2 N–H and O–H groups in total. The van der Waals surface area contributed by atoms with Gasteiger partial charge in [-0.25, -0.2) is 4.98 Å². The first-order valence-electron chi connectivity index (χ1n) is 6.40. The summed E-state index contributed by atoms with van der Waals surface area (Å²) in [6, 6.07) is 10.9. The third kappa shape index (κ3) is 2.71. The Morgan fingerprint density at radius 1 is 1.17 bits per heavy atom. The highest BCUT2D eigenvalue weighted by Crippen LogP contribution is 2.25. The van der Waals surface area contributed by atoms with Gasteiger partial charge in [-0.2, -0.15) is 0 Å². The number of rotatable bonds is 3. The Morgan fingerprint density at radius 3 is 2.72 bits per heavy atom. The molecule has 0 bridgehead atoms. The third-order valence-electron chi connectivity index (χ3n) is 3.24. The van der Waals surface area contributed by atoms with Gasteiger partial charge in [0.2, 0.25) is 0 Å². The first kappa shape index (κ1) is 11.7. The number of hydrogen-bond acceptors (Lipinski definition) is 4. The summed E-state index contributed by atoms with van der Waals surface area (Å²) in [6.07, 6.45) is 2.36. The average Bonchev–Trinajstić information content (AvgIpc) is 2.89. The van der Waals surface area contributed by atoms with Crippen molar-refractivity contribution in [3.63, 3.8) is 0 Å². The molecule has 0 spiro atoms. The van der Waals surface area contributed by atoms with Crippen molar-refractivity contribution in [1.82, 2.24) is 10.3 Å². The SMILES string of the molecule is c1ccc(-c2csc(NC3CCNCC3)n2)cc1. The van der Waals surface area contributed by atoms with Crippen LogP contribution in [0.3, 0.4) is 0 Å². The Labute approximate surface area is 111 Å². The van der Waals surface area contributed by atoms with E-state index in [1.807, 2.05) is 6.07 Å². The van der Waals surface area contributed by atoms with Crippen LogP contribution in [0.5, 0.6) is 0 Å². The minimum absolute atomic E-state index is 0.570. The van der Waals surface area contributed by atoms with Gasteiger partial charge >= 0.3 is 0 Å². The predicted octanol–water partition coefficient (Wildman–Crippen LogP) is 2.97. The van der Waals surface area contributed by atoms with E-state index in [4.69, 9.17) is 0 Å². The highest BCUT2D eigenvalue weighted by Gasteiger charge is 2.14. The van der Waals surface area contributed by atoms with Crippen molar-refractivity contribution >= 4 is 16.5 Å². The predicted molar refractivity (Wildman–Crippen MR) is 77.1 cm³/mol. The van der Waals surface area contributed by atoms with Gasteiger partial charge in [-0.15, -0.1) is 11.3 Å². The molecule has 1 aliphatic heterocycles. The van der Waals surface area contributed by atoms with Crippen LogP contribution < -0.4 is 10.6 Å². The van der Waals surface area contributed by atoms with E-state index in [2.05, 4.69) is 45.3 Å². The quantitative estimate of drug-likeness (QED) is 0.890. The molecular formula is C14H17N3S. The van der Waals surface area contributed by atoms with Gasteiger partial charge < -0.3 is 10.6 Å². The standard InChI is InChI=1S/C14H17N3S/c1-2-4-11(5-3-1)13-10-18-14(17-13)16-12-6-8-15-9-7-12/h1-5,10,12,15H,6-9H2,(H,16,17). The van der Waals surface area contributed by atoms with Crippen molar-refractivity contribution in [2.45, 2.75) is 18.9 Å². The number of piperidine rings is 1. The van der Waals surface area contributed by atoms with Gasteiger partial charge in [0, 0.05) is 17.0 Å². The van der Waals surface area contributed by atoms with E-state index < -0.39 is 0 Å². The number of nitrogens with zero attached hydrogens (tertiary/aromatic N) is 1. The van der Waals surface area contributed by atoms with E-state index in [9.17, 15) is 0 Å². The molecule has 4 heteroatoms. The van der Waals surface area contributed by atoms with Gasteiger partial charge in [0.25, 0.3) is 0 Å². The molecule has 2 aromatic rings. The maximum absolute atomic E-state index is 4.66. The molecule has 0 aliphatic carbocycles. The number of benzene rings is 1. The second kappa shape index (κ2) is 5.50. The summed E-state index contributed by atoms with van der Waals surface area (Å²) in [7, 11) is 0. The van der Waals surface area contributed by atoms with Crippen LogP contribution in [-0.2, 0) is 0 Å². The zero-order valence-electron chi connectivity index (χ0n) is 10.2. The van der Waals surface area contributed by atoms with Crippen LogP contribution in [0, 0.1) is 0 Å². The highest BCUT2D eigenvalue weighted by atomic mass is 32.1. The van der Waals surface area contributed by atoms with Crippen molar-refractivity contribution in [2.75, 3.05) is 18.4 Å². The Kier molecular flexibility index (Phi) is 3.57. The van der Waals surface area contributed by atoms with Crippen LogP contribution in [0.1, 0.15) is 12.8 Å². The normalized spacial score (nSPS) is 16.7. The van der Waals surface area contributed by atoms with Crippen LogP contribution in [0.25, 0.3) is 11.3 Å². The summed E-state index contributed by atoms with van der Waals surface area (Å²) in [6.45, 7) is 2.21. The summed E-state index contributed by atoms with van der Waals surface area (Å²) in [5, 5.41) is 10.1. The maximum atomic E-state index is 4.66. The molecule has 1 aromatic carbocycles. The molecule has 0 atom stereocenters. The van der Waals surface area contributed by atoms with Crippen molar-refractivity contribution in [3.05, 3.63) is 35.7 Å². The van der Waals surface area contributed by atoms with E-state index in [0.29, 0.717) is 6.04 Å². The van der Waals surface area contributed by atoms with Gasteiger partial charge in [-0.05, 0) is 25.9 Å². The van der Waals surface area contributed by atoms with E-state index in [1.54, 1.807) is 11.3 Å². The minimum atomic E-state index is 0.570. The van der Waals surface area contributed by atoms with Gasteiger partial charge in [0.1, 0.15) is 0 Å². The van der Waals surface area contributed by atoms with E-state index >= 15 is 0 Å². The van der Waals surface area contributed by atoms with Crippen LogP contribution in [0.15, 0.2) is 35.7 Å². The topological polar surface area (TPSA) is 37.0 Å². The molecule has 1 saturated heterocycles. The Balaban J connectivity index is 1.69. The van der Waals surface area contributed by atoms with Crippen molar-refractivity contribution in [3.8, 4) is 11.3 Å². The van der Waals surface area contributed by atoms with E-state index in [-0.39, 0.29) is 0 Å². The molecule has 1 fully saturated rings. The monoisotopic (exact) mass is 259 g/mol. The molecule has 94 valence electrons. The van der Waals surface area contributed by atoms with Crippen molar-refractivity contribution < 1.29 is 0 Å². The zero-order chi connectivity index (χ0) is 12.2. The van der Waals surface area contributed by atoms with E-state index in [1.165, 1.54) is 18.4 Å². The molecule has 1 aromatic heterocycles. The van der Waals surface area contributed by atoms with Gasteiger partial charge in [-0.3, -0.25) is 0 Å². The largest absolute Gasteiger partial charge is 0.359 e. The summed E-state index contributed by atoms with van der Waals surface area (Å²) >= 11 is 1.70. The van der Waals surface area contributed by atoms with Crippen molar-refractivity contribution in [1.29, 1.82) is 0 Å². The fourth-order valence-corrected chi connectivity index (χ4v) is 3.02. The van der Waals surface area contributed by atoms with Crippen LogP contribution in [0.4, 0.5) is 5.13 Å². The molecular weight excluding hydrogens is 242 g/mol. The third-order valence-corrected chi connectivity index (χ3v) is 4.01. The second-order valence-electron chi connectivity index (χ2n) is 4.57. The van der Waals surface area contributed by atoms with Crippen LogP contribution in [-0.4, -0.2) is 24.1 Å². The number of thiazole rings is 1. The summed E-state index contributed by atoms with van der Waals surface area (Å²) in [5.41, 5.74) is 2.25. The summed E-state index contributed by atoms with van der Waals surface area (Å²) < 4.78 is 0. The van der Waals surface area contributed by atoms with Crippen molar-refractivity contribution in [2.24, 2.45) is 0 Å². The lowest BCUT2D eigenvalue weighted by Gasteiger charge is -2.23. The molecule has 0 amide bonds. The number of aromatic nitrogens is 1. The lowest BCUT2D eigenvalue weighted by Crippen LogP contribution is -2.35. The lowest BCUT2D eigenvalue weighted by atomic mass is 10.1. The van der Waals surface area contributed by atoms with E-state index in [0.717, 1.165) is 23.9 Å². The number of nitrogens with one attached hydrogen (secondary N) is 2. The molecule has 0 unspecified atom stereocenters. The first-order chi connectivity index (χ1) is 8.92. The summed E-state index contributed by atoms with van der Waals surface area (Å²) in [5.74, 6) is 0. The first-order valence-corrected chi connectivity index (χ1v) is 7.28. The van der Waals surface area contributed by atoms with Crippen LogP contribution in [0.2, 0.25) is 0 Å². The molecule has 3 rings (SSSR count). The van der Waals surface area contributed by atoms with Gasteiger partial charge in [0.15, 0.2) is 5.13 Å². The van der Waals surface area contributed by atoms with Crippen LogP contribution >= 0.6 is 11.3 Å². The van der Waals surface area contributed by atoms with Gasteiger partial charge in [0.05, 0.1) is 5.69 Å². The lowest BCUT2D eigenvalue weighted by molar-refractivity contribution is 0.479. The fraction of sp³-hybridized carbons (Fsp3) is 0.357. The smallest absolute Gasteiger partial charge is 0.183 e. The summed E-state index contributed by atoms with van der Waals surface area (Å²) in [4.78, 5) is 4.66. The second-order valence-corrected chi connectivity index (χ2v) is 5.43. The number of anilines is 1.